The molecule has 4 heteroatoms. The third-order valence-electron chi connectivity index (χ3n) is 6.12. The van der Waals surface area contributed by atoms with E-state index >= 15 is 0 Å². The Morgan fingerprint density at radius 2 is 1.84 bits per heavy atom. The molecule has 0 saturated heterocycles. The van der Waals surface area contributed by atoms with Crippen molar-refractivity contribution in [3.8, 4) is 0 Å². The summed E-state index contributed by atoms with van der Waals surface area (Å²) in [5.41, 5.74) is 7.53. The fourth-order valence-electron chi connectivity index (χ4n) is 4.02. The highest BCUT2D eigenvalue weighted by molar-refractivity contribution is 5.82. The van der Waals surface area contributed by atoms with E-state index in [1.54, 1.807) is 0 Å². The van der Waals surface area contributed by atoms with Crippen LogP contribution in [0.1, 0.15) is 50.5 Å². The van der Waals surface area contributed by atoms with Crippen molar-refractivity contribution in [2.45, 2.75) is 63.6 Å². The Labute approximate surface area is 151 Å². The Kier molecular flexibility index (Phi) is 6.49. The van der Waals surface area contributed by atoms with Crippen LogP contribution >= 0.6 is 0 Å². The first-order valence-electron chi connectivity index (χ1n) is 9.79. The highest BCUT2D eigenvalue weighted by Gasteiger charge is 2.34. The van der Waals surface area contributed by atoms with Gasteiger partial charge < -0.3 is 15.4 Å². The molecule has 1 atom stereocenters. The number of carbonyl (C=O) groups excluding carboxylic acids is 1. The molecule has 2 fully saturated rings. The second kappa shape index (κ2) is 8.81. The van der Waals surface area contributed by atoms with Crippen molar-refractivity contribution >= 4 is 5.91 Å². The van der Waals surface area contributed by atoms with Crippen LogP contribution in [0.3, 0.4) is 0 Å². The summed E-state index contributed by atoms with van der Waals surface area (Å²) in [6.45, 7) is 1.50. The van der Waals surface area contributed by atoms with Gasteiger partial charge in [-0.25, -0.2) is 0 Å². The largest absolute Gasteiger partial charge is 0.376 e. The molecule has 0 bridgehead atoms. The first-order valence-corrected chi connectivity index (χ1v) is 9.79. The normalized spacial score (nSPS) is 25.2. The summed E-state index contributed by atoms with van der Waals surface area (Å²) in [6, 6.07) is 10.4. The van der Waals surface area contributed by atoms with Crippen LogP contribution in [0.5, 0.6) is 0 Å². The Morgan fingerprint density at radius 3 is 2.44 bits per heavy atom. The lowest BCUT2D eigenvalue weighted by Crippen LogP contribution is -2.52. The number of amides is 1. The van der Waals surface area contributed by atoms with E-state index < -0.39 is 0 Å². The van der Waals surface area contributed by atoms with Crippen molar-refractivity contribution < 1.29 is 9.53 Å². The first kappa shape index (κ1) is 18.4. The Bertz CT molecular complexity index is 536. The quantitative estimate of drug-likeness (QED) is 0.825. The van der Waals surface area contributed by atoms with E-state index in [-0.39, 0.29) is 11.9 Å². The second-order valence-electron chi connectivity index (χ2n) is 7.84. The molecule has 4 nitrogen and oxygen atoms in total. The lowest BCUT2D eigenvalue weighted by molar-refractivity contribution is -0.136. The average molecular weight is 344 g/mol. The third-order valence-corrected chi connectivity index (χ3v) is 6.12. The molecule has 1 aromatic carbocycles. The predicted octanol–water partition coefficient (Wildman–Crippen LogP) is 3.35. The number of carbonyl (C=O) groups is 1. The lowest BCUT2D eigenvalue weighted by atomic mass is 9.78. The molecule has 0 spiro atoms. The number of hydrogen-bond donors (Lipinski definition) is 1. The van der Waals surface area contributed by atoms with Crippen molar-refractivity contribution in [2.75, 3.05) is 13.7 Å². The molecule has 0 aliphatic heterocycles. The number of hydrogen-bond acceptors (Lipinski definition) is 3. The smallest absolute Gasteiger partial charge is 0.239 e. The molecule has 2 aliphatic carbocycles. The Morgan fingerprint density at radius 1 is 1.16 bits per heavy atom. The zero-order chi connectivity index (χ0) is 17.6. The van der Waals surface area contributed by atoms with Crippen molar-refractivity contribution in [2.24, 2.45) is 17.6 Å². The number of benzene rings is 1. The van der Waals surface area contributed by atoms with E-state index in [0.29, 0.717) is 24.5 Å². The maximum absolute atomic E-state index is 12.6. The van der Waals surface area contributed by atoms with Crippen LogP contribution in [0.25, 0.3) is 0 Å². The highest BCUT2D eigenvalue weighted by Crippen LogP contribution is 2.32. The van der Waals surface area contributed by atoms with E-state index in [1.165, 1.54) is 12.0 Å². The molecule has 2 N–H and O–H groups in total. The van der Waals surface area contributed by atoms with Crippen LogP contribution in [0, 0.1) is 11.8 Å². The van der Waals surface area contributed by atoms with Gasteiger partial charge in [0.05, 0.1) is 12.6 Å². The minimum atomic E-state index is -0.322. The zero-order valence-electron chi connectivity index (χ0n) is 15.4. The zero-order valence-corrected chi connectivity index (χ0v) is 15.4. The van der Waals surface area contributed by atoms with Crippen LogP contribution in [-0.2, 0) is 16.1 Å². The van der Waals surface area contributed by atoms with Gasteiger partial charge in [0.15, 0.2) is 0 Å². The highest BCUT2D eigenvalue weighted by atomic mass is 16.5. The van der Waals surface area contributed by atoms with E-state index in [4.69, 9.17) is 10.5 Å². The molecule has 2 aliphatic rings. The first-order chi connectivity index (χ1) is 12.1. The van der Waals surface area contributed by atoms with Crippen LogP contribution in [0.4, 0.5) is 0 Å². The van der Waals surface area contributed by atoms with Crippen LogP contribution in [0.15, 0.2) is 30.3 Å². The van der Waals surface area contributed by atoms with Crippen LogP contribution in [-0.4, -0.2) is 36.5 Å². The van der Waals surface area contributed by atoms with Gasteiger partial charge in [-0.15, -0.1) is 0 Å². The van der Waals surface area contributed by atoms with Gasteiger partial charge >= 0.3 is 0 Å². The lowest BCUT2D eigenvalue weighted by Gasteiger charge is -2.38. The van der Waals surface area contributed by atoms with Gasteiger partial charge in [0, 0.05) is 19.7 Å². The fraction of sp³-hybridized carbons (Fsp3) is 0.667. The molecule has 0 heterocycles. The van der Waals surface area contributed by atoms with Crippen LogP contribution < -0.4 is 5.73 Å². The molecule has 2 saturated carbocycles. The van der Waals surface area contributed by atoms with E-state index in [0.717, 1.165) is 45.1 Å². The molecule has 1 unspecified atom stereocenters. The second-order valence-corrected chi connectivity index (χ2v) is 7.84. The number of rotatable bonds is 7. The number of nitrogens with two attached hydrogens (primary N) is 1. The van der Waals surface area contributed by atoms with Gasteiger partial charge in [-0.05, 0) is 62.3 Å². The summed E-state index contributed by atoms with van der Waals surface area (Å²) in [6.07, 6.45) is 7.85. The van der Waals surface area contributed by atoms with Gasteiger partial charge in [-0.2, -0.15) is 0 Å². The topological polar surface area (TPSA) is 55.6 Å². The van der Waals surface area contributed by atoms with Gasteiger partial charge in [-0.1, -0.05) is 30.3 Å². The van der Waals surface area contributed by atoms with E-state index in [1.807, 2.05) is 30.1 Å². The van der Waals surface area contributed by atoms with Crippen molar-refractivity contribution in [1.29, 1.82) is 0 Å². The number of nitrogens with zero attached hydrogens (tertiary/aromatic N) is 1. The summed E-state index contributed by atoms with van der Waals surface area (Å²) in [5.74, 6) is 1.08. The van der Waals surface area contributed by atoms with Gasteiger partial charge in [0.25, 0.3) is 0 Å². The molecule has 0 aromatic heterocycles. The summed E-state index contributed by atoms with van der Waals surface area (Å²) in [5, 5.41) is 0. The molecule has 138 valence electrons. The summed E-state index contributed by atoms with van der Waals surface area (Å²) in [7, 11) is 1.93. The van der Waals surface area contributed by atoms with Crippen LogP contribution in [0.2, 0.25) is 0 Å². The molecular weight excluding hydrogens is 312 g/mol. The summed E-state index contributed by atoms with van der Waals surface area (Å²) >= 11 is 0. The summed E-state index contributed by atoms with van der Waals surface area (Å²) < 4.78 is 5.89. The maximum Gasteiger partial charge on any atom is 0.239 e. The Balaban J connectivity index is 1.37. The maximum atomic E-state index is 12.6. The average Bonchev–Trinajstić information content (AvgIpc) is 2.60. The van der Waals surface area contributed by atoms with E-state index in [9.17, 15) is 4.79 Å². The fourth-order valence-corrected chi connectivity index (χ4v) is 4.02. The predicted molar refractivity (Wildman–Crippen MR) is 99.9 cm³/mol. The number of likely N-dealkylation sites (N-methyl/N-ethyl adjacent to an activating group) is 1. The van der Waals surface area contributed by atoms with Crippen molar-refractivity contribution in [3.05, 3.63) is 35.9 Å². The molecule has 25 heavy (non-hydrogen) atoms. The minimum Gasteiger partial charge on any atom is -0.376 e. The van der Waals surface area contributed by atoms with Crippen molar-refractivity contribution in [3.63, 3.8) is 0 Å². The number of ether oxygens (including phenoxy) is 1. The monoisotopic (exact) mass is 344 g/mol. The molecule has 3 rings (SSSR count). The molecule has 0 radical (unpaired) electrons. The molecule has 1 aromatic rings. The SMILES string of the molecule is CN(C(=O)C(N)C1CCC(COCc2ccccc2)CC1)C1CCC1. The van der Waals surface area contributed by atoms with E-state index in [2.05, 4.69) is 12.1 Å². The van der Waals surface area contributed by atoms with Crippen molar-refractivity contribution in [1.82, 2.24) is 4.90 Å². The van der Waals surface area contributed by atoms with Gasteiger partial charge in [0.2, 0.25) is 5.91 Å². The third kappa shape index (κ3) is 4.83. The van der Waals surface area contributed by atoms with Gasteiger partial charge in [0.1, 0.15) is 0 Å². The molecule has 1 amide bonds. The minimum absolute atomic E-state index is 0.147. The summed E-state index contributed by atoms with van der Waals surface area (Å²) in [4.78, 5) is 14.5. The van der Waals surface area contributed by atoms with Gasteiger partial charge in [-0.3, -0.25) is 4.79 Å². The molecular formula is C21H32N2O2. The standard InChI is InChI=1S/C21H32N2O2/c1-23(19-8-5-9-19)21(24)20(22)18-12-10-17(11-13-18)15-25-14-16-6-3-2-4-7-16/h2-4,6-7,17-20H,5,8-15,22H2,1H3. The Hall–Kier alpha value is -1.39.